The summed E-state index contributed by atoms with van der Waals surface area (Å²) in [5.74, 6) is 1.29. The van der Waals surface area contributed by atoms with E-state index in [1.807, 2.05) is 6.07 Å². The highest BCUT2D eigenvalue weighted by Crippen LogP contribution is 2.47. The fraction of sp³-hybridized carbons (Fsp3) is 0.476. The van der Waals surface area contributed by atoms with Gasteiger partial charge in [-0.2, -0.15) is 0 Å². The summed E-state index contributed by atoms with van der Waals surface area (Å²) in [6.07, 6.45) is 2.94. The molecule has 2 rings (SSSR count). The molecule has 0 unspecified atom stereocenters. The van der Waals surface area contributed by atoms with E-state index in [1.54, 1.807) is 13.0 Å². The van der Waals surface area contributed by atoms with Crippen LogP contribution in [-0.4, -0.2) is 19.5 Å². The molecule has 5 heteroatoms. The van der Waals surface area contributed by atoms with E-state index in [-0.39, 0.29) is 21.3 Å². The number of fused-ring (bicyclic) bond motifs is 1. The largest absolute Gasteiger partial charge is 0.478 e. The van der Waals surface area contributed by atoms with Gasteiger partial charge in [0.05, 0.1) is 4.90 Å². The van der Waals surface area contributed by atoms with Gasteiger partial charge in [0, 0.05) is 16.9 Å². The average molecular weight is 375 g/mol. The molecule has 26 heavy (non-hydrogen) atoms. The molecule has 0 atom stereocenters. The van der Waals surface area contributed by atoms with Crippen LogP contribution < -0.4 is 0 Å². The first-order valence-electron chi connectivity index (χ1n) is 8.61. The zero-order valence-corrected chi connectivity index (χ0v) is 17.0. The van der Waals surface area contributed by atoms with Gasteiger partial charge in [0.1, 0.15) is 0 Å². The molecule has 0 bridgehead atoms. The van der Waals surface area contributed by atoms with Crippen molar-refractivity contribution in [2.24, 2.45) is 0 Å². The minimum Gasteiger partial charge on any atom is -0.478 e. The molecule has 0 amide bonds. The number of benzene rings is 1. The summed E-state index contributed by atoms with van der Waals surface area (Å²) in [5.41, 5.74) is 3.01. The summed E-state index contributed by atoms with van der Waals surface area (Å²) in [5, 5.41) is 11.0. The van der Waals surface area contributed by atoms with E-state index in [4.69, 9.17) is 5.11 Å². The van der Waals surface area contributed by atoms with Crippen LogP contribution in [-0.2, 0) is 25.5 Å². The number of aryl methyl sites for hydroxylation is 1. The Bertz CT molecular complexity index is 952. The molecule has 0 heterocycles. The molecular weight excluding hydrogens is 348 g/mol. The maximum absolute atomic E-state index is 12.8. The van der Waals surface area contributed by atoms with Crippen molar-refractivity contribution >= 4 is 15.8 Å². The van der Waals surface area contributed by atoms with Gasteiger partial charge in [-0.25, -0.2) is 13.2 Å². The second-order valence-corrected chi connectivity index (χ2v) is 9.98. The predicted molar refractivity (Wildman–Crippen MR) is 103 cm³/mol. The maximum atomic E-state index is 12.8. The molecule has 0 aliphatic heterocycles. The van der Waals surface area contributed by atoms with Crippen molar-refractivity contribution in [2.75, 3.05) is 0 Å². The summed E-state index contributed by atoms with van der Waals surface area (Å²) < 4.78 is 25.5. The van der Waals surface area contributed by atoms with E-state index in [9.17, 15) is 13.2 Å². The Hall–Kier alpha value is -2.06. The van der Waals surface area contributed by atoms with Gasteiger partial charge in [-0.1, -0.05) is 39.7 Å². The number of carboxylic acids is 1. The van der Waals surface area contributed by atoms with Gasteiger partial charge in [0.25, 0.3) is 0 Å². The van der Waals surface area contributed by atoms with Gasteiger partial charge in [-0.3, -0.25) is 0 Å². The number of hydrogen-bond acceptors (Lipinski definition) is 3. The number of hydrogen-bond donors (Lipinski definition) is 1. The van der Waals surface area contributed by atoms with Gasteiger partial charge >= 0.3 is 5.97 Å². The first-order valence-corrected chi connectivity index (χ1v) is 10.1. The first kappa shape index (κ1) is 20.3. The Morgan fingerprint density at radius 1 is 1.12 bits per heavy atom. The van der Waals surface area contributed by atoms with Crippen LogP contribution in [0.1, 0.15) is 64.2 Å². The predicted octanol–water partition coefficient (Wildman–Crippen LogP) is 4.11. The first-order chi connectivity index (χ1) is 11.8. The van der Waals surface area contributed by atoms with Crippen molar-refractivity contribution in [2.45, 2.75) is 70.1 Å². The molecule has 0 saturated heterocycles. The summed E-state index contributed by atoms with van der Waals surface area (Å²) in [6, 6.07) is 3.75. The summed E-state index contributed by atoms with van der Waals surface area (Å²) in [7, 11) is -3.84. The second-order valence-electron chi connectivity index (χ2n) is 8.33. The van der Waals surface area contributed by atoms with Gasteiger partial charge in [0.2, 0.25) is 9.84 Å². The Morgan fingerprint density at radius 2 is 1.62 bits per heavy atom. The van der Waals surface area contributed by atoms with Crippen molar-refractivity contribution in [3.05, 3.63) is 40.5 Å². The van der Waals surface area contributed by atoms with Crippen molar-refractivity contribution in [1.82, 2.24) is 0 Å². The molecule has 4 nitrogen and oxygen atoms in total. The number of aliphatic carboxylic acids is 1. The Balaban J connectivity index is 2.62. The summed E-state index contributed by atoms with van der Waals surface area (Å²) in [4.78, 5) is 10.9. The normalized spacial score (nSPS) is 18.5. The van der Waals surface area contributed by atoms with Crippen LogP contribution in [0.5, 0.6) is 0 Å². The van der Waals surface area contributed by atoms with E-state index in [0.29, 0.717) is 5.56 Å². The molecule has 0 radical (unpaired) electrons. The van der Waals surface area contributed by atoms with Crippen molar-refractivity contribution in [3.8, 4) is 11.2 Å². The molecule has 1 aromatic rings. The fourth-order valence-electron chi connectivity index (χ4n) is 3.42. The number of carboxylic acid groups (broad SMARTS) is 1. The van der Waals surface area contributed by atoms with Crippen LogP contribution in [0.25, 0.3) is 0 Å². The van der Waals surface area contributed by atoms with Crippen LogP contribution >= 0.6 is 0 Å². The highest BCUT2D eigenvalue weighted by Gasteiger charge is 2.38. The number of allylic oxidation sites excluding steroid dienone is 1. The van der Waals surface area contributed by atoms with Crippen molar-refractivity contribution < 1.29 is 18.3 Å². The average Bonchev–Trinajstić information content (AvgIpc) is 2.49. The van der Waals surface area contributed by atoms with Crippen LogP contribution in [0.4, 0.5) is 0 Å². The highest BCUT2D eigenvalue weighted by atomic mass is 32.2. The third-order valence-electron chi connectivity index (χ3n) is 5.16. The minimum absolute atomic E-state index is 0.00436. The Labute approximate surface area is 156 Å². The monoisotopic (exact) mass is 374 g/mol. The van der Waals surface area contributed by atoms with E-state index >= 15 is 0 Å². The van der Waals surface area contributed by atoms with E-state index in [2.05, 4.69) is 38.9 Å². The molecular formula is C21H26O4S. The van der Waals surface area contributed by atoms with E-state index < -0.39 is 15.8 Å². The van der Waals surface area contributed by atoms with E-state index in [1.165, 1.54) is 12.5 Å². The quantitative estimate of drug-likeness (QED) is 0.480. The lowest BCUT2D eigenvalue weighted by Crippen LogP contribution is -2.34. The highest BCUT2D eigenvalue weighted by molar-refractivity contribution is 7.96. The Kier molecular flexibility index (Phi) is 5.13. The number of carbonyl (C=O) groups is 1. The van der Waals surface area contributed by atoms with E-state index in [0.717, 1.165) is 24.5 Å². The zero-order chi connectivity index (χ0) is 19.9. The molecule has 1 aromatic carbocycles. The van der Waals surface area contributed by atoms with Crippen LogP contribution in [0, 0.1) is 18.1 Å². The van der Waals surface area contributed by atoms with Gasteiger partial charge in [-0.05, 0) is 60.3 Å². The summed E-state index contributed by atoms with van der Waals surface area (Å²) in [6.45, 7) is 11.9. The number of sulfone groups is 1. The van der Waals surface area contributed by atoms with Crippen LogP contribution in [0.3, 0.4) is 0 Å². The topological polar surface area (TPSA) is 71.4 Å². The summed E-state index contributed by atoms with van der Waals surface area (Å²) >= 11 is 0. The number of rotatable bonds is 2. The third kappa shape index (κ3) is 4.02. The molecule has 0 saturated carbocycles. The van der Waals surface area contributed by atoms with Gasteiger partial charge in [-0.15, -0.1) is 0 Å². The standard InChI is InChI=1S/C21H26O4S/c1-14(11-19(22)23)7-10-26(24,25)18-13-17-16(12-15(18)2)20(3,4)8-9-21(17,5)6/h11-13H,8-9H2,1-6H3,(H,22,23). The van der Waals surface area contributed by atoms with Crippen LogP contribution in [0.2, 0.25) is 0 Å². The zero-order valence-electron chi connectivity index (χ0n) is 16.2. The second kappa shape index (κ2) is 6.59. The molecule has 1 aliphatic carbocycles. The van der Waals surface area contributed by atoms with Crippen molar-refractivity contribution in [3.63, 3.8) is 0 Å². The SMILES string of the molecule is CC(C#CS(=O)(=O)c1cc2c(cc1C)C(C)(C)CCC2(C)C)=CC(=O)O. The molecule has 0 spiro atoms. The molecule has 0 aromatic heterocycles. The van der Waals surface area contributed by atoms with Crippen molar-refractivity contribution in [1.29, 1.82) is 0 Å². The molecule has 1 N–H and O–H groups in total. The lowest BCUT2D eigenvalue weighted by atomic mass is 9.63. The Morgan fingerprint density at radius 3 is 2.12 bits per heavy atom. The van der Waals surface area contributed by atoms with Gasteiger partial charge in [0.15, 0.2) is 0 Å². The molecule has 1 aliphatic rings. The third-order valence-corrected chi connectivity index (χ3v) is 6.55. The smallest absolute Gasteiger partial charge is 0.329 e. The maximum Gasteiger partial charge on any atom is 0.329 e. The lowest BCUT2D eigenvalue weighted by molar-refractivity contribution is -0.131. The fourth-order valence-corrected chi connectivity index (χ4v) is 4.58. The van der Waals surface area contributed by atoms with Gasteiger partial charge < -0.3 is 5.11 Å². The molecule has 0 fully saturated rings. The lowest BCUT2D eigenvalue weighted by Gasteiger charge is -2.42. The van der Waals surface area contributed by atoms with Crippen LogP contribution in [0.15, 0.2) is 28.7 Å². The molecule has 140 valence electrons. The minimum atomic E-state index is -3.84.